The molecule has 102 valence electrons. The quantitative estimate of drug-likeness (QED) is 0.556. The number of benzene rings is 1. The van der Waals surface area contributed by atoms with E-state index in [0.29, 0.717) is 10.0 Å². The molecule has 0 amide bonds. The number of hydrogen-bond acceptors (Lipinski definition) is 1. The van der Waals surface area contributed by atoms with Crippen molar-refractivity contribution < 1.29 is 13.2 Å². The minimum absolute atomic E-state index is 0.429. The fourth-order valence-corrected chi connectivity index (χ4v) is 3.53. The second-order valence-electron chi connectivity index (χ2n) is 4.05. The number of alkyl halides is 4. The lowest BCUT2D eigenvalue weighted by Gasteiger charge is -2.14. The van der Waals surface area contributed by atoms with Crippen molar-refractivity contribution in [3.63, 3.8) is 0 Å². The van der Waals surface area contributed by atoms with E-state index < -0.39 is 17.1 Å². The van der Waals surface area contributed by atoms with Crippen molar-refractivity contribution in [1.82, 2.24) is 0 Å². The summed E-state index contributed by atoms with van der Waals surface area (Å²) in [6.45, 7) is 1.93. The largest absolute Gasteiger partial charge is 0.416 e. The molecule has 0 bridgehead atoms. The van der Waals surface area contributed by atoms with Gasteiger partial charge in [-0.15, -0.1) is 22.9 Å². The van der Waals surface area contributed by atoms with Crippen LogP contribution in [0.1, 0.15) is 26.3 Å². The van der Waals surface area contributed by atoms with Crippen LogP contribution < -0.4 is 0 Å². The smallest absolute Gasteiger partial charge is 0.166 e. The van der Waals surface area contributed by atoms with Crippen molar-refractivity contribution in [1.29, 1.82) is 0 Å². The van der Waals surface area contributed by atoms with Gasteiger partial charge in [0, 0.05) is 14.2 Å². The van der Waals surface area contributed by atoms with Gasteiger partial charge in [-0.2, -0.15) is 13.2 Å². The molecule has 1 unspecified atom stereocenters. The van der Waals surface area contributed by atoms with E-state index in [9.17, 15) is 13.2 Å². The van der Waals surface area contributed by atoms with Crippen molar-refractivity contribution in [3.05, 3.63) is 55.7 Å². The van der Waals surface area contributed by atoms with Gasteiger partial charge >= 0.3 is 6.18 Å². The number of thiophene rings is 1. The van der Waals surface area contributed by atoms with Crippen LogP contribution in [0.15, 0.2) is 34.8 Å². The summed E-state index contributed by atoms with van der Waals surface area (Å²) in [5.41, 5.74) is -0.261. The lowest BCUT2D eigenvalue weighted by Crippen LogP contribution is -2.06. The first kappa shape index (κ1) is 14.9. The van der Waals surface area contributed by atoms with Gasteiger partial charge in [-0.3, -0.25) is 0 Å². The highest BCUT2D eigenvalue weighted by Gasteiger charge is 2.31. The molecule has 1 aromatic carbocycles. The highest BCUT2D eigenvalue weighted by molar-refractivity contribution is 9.10. The van der Waals surface area contributed by atoms with E-state index in [-0.39, 0.29) is 0 Å². The van der Waals surface area contributed by atoms with Gasteiger partial charge in [-0.25, -0.2) is 0 Å². The third kappa shape index (κ3) is 3.33. The SMILES string of the molecule is Cc1ccc(C(Cl)c2cc(C(F)(F)F)ccc2Br)s1. The zero-order chi connectivity index (χ0) is 14.2. The van der Waals surface area contributed by atoms with E-state index in [0.717, 1.165) is 21.9 Å². The molecule has 0 aliphatic carbocycles. The van der Waals surface area contributed by atoms with Crippen molar-refractivity contribution in [3.8, 4) is 0 Å². The van der Waals surface area contributed by atoms with Gasteiger partial charge in [0.15, 0.2) is 0 Å². The van der Waals surface area contributed by atoms with Crippen molar-refractivity contribution >= 4 is 38.9 Å². The van der Waals surface area contributed by atoms with E-state index in [1.165, 1.54) is 17.4 Å². The predicted octanol–water partition coefficient (Wildman–Crippen LogP) is 6.17. The molecule has 1 heterocycles. The minimum Gasteiger partial charge on any atom is -0.166 e. The van der Waals surface area contributed by atoms with Gasteiger partial charge in [0.25, 0.3) is 0 Å². The highest BCUT2D eigenvalue weighted by Crippen LogP contribution is 2.40. The second kappa shape index (κ2) is 5.46. The van der Waals surface area contributed by atoms with Crippen LogP contribution in [0.2, 0.25) is 0 Å². The van der Waals surface area contributed by atoms with Crippen LogP contribution in [0, 0.1) is 6.92 Å². The maximum Gasteiger partial charge on any atom is 0.416 e. The molecule has 1 atom stereocenters. The Morgan fingerprint density at radius 1 is 1.21 bits per heavy atom. The molecule has 0 saturated heterocycles. The van der Waals surface area contributed by atoms with E-state index in [4.69, 9.17) is 11.6 Å². The molecule has 1 aromatic heterocycles. The number of halogens is 5. The Morgan fingerprint density at radius 2 is 1.89 bits per heavy atom. The summed E-state index contributed by atoms with van der Waals surface area (Å²) in [6, 6.07) is 7.25. The second-order valence-corrected chi connectivity index (χ2v) is 6.66. The number of hydrogen-bond donors (Lipinski definition) is 0. The van der Waals surface area contributed by atoms with Gasteiger partial charge in [-0.05, 0) is 42.8 Å². The maximum atomic E-state index is 12.7. The van der Waals surface area contributed by atoms with E-state index in [1.54, 1.807) is 0 Å². The topological polar surface area (TPSA) is 0 Å². The monoisotopic (exact) mass is 368 g/mol. The fraction of sp³-hybridized carbons (Fsp3) is 0.231. The number of aryl methyl sites for hydroxylation is 1. The maximum absolute atomic E-state index is 12.7. The Hall–Kier alpha value is -0.520. The van der Waals surface area contributed by atoms with Crippen molar-refractivity contribution in [2.45, 2.75) is 18.5 Å². The average Bonchev–Trinajstić information content (AvgIpc) is 2.74. The van der Waals surface area contributed by atoms with Gasteiger partial charge in [0.1, 0.15) is 0 Å². The van der Waals surface area contributed by atoms with Crippen LogP contribution in [0.25, 0.3) is 0 Å². The molecule has 2 aromatic rings. The molecular formula is C13H9BrClF3S. The molecule has 0 nitrogen and oxygen atoms in total. The predicted molar refractivity (Wildman–Crippen MR) is 75.9 cm³/mol. The Morgan fingerprint density at radius 3 is 2.42 bits per heavy atom. The molecule has 0 N–H and O–H groups in total. The summed E-state index contributed by atoms with van der Waals surface area (Å²) in [5.74, 6) is 0. The third-order valence-electron chi connectivity index (χ3n) is 2.61. The first-order valence-electron chi connectivity index (χ1n) is 5.36. The van der Waals surface area contributed by atoms with Crippen LogP contribution >= 0.6 is 38.9 Å². The summed E-state index contributed by atoms with van der Waals surface area (Å²) in [4.78, 5) is 1.91. The van der Waals surface area contributed by atoms with Crippen LogP contribution in [0.3, 0.4) is 0 Å². The Labute approximate surface area is 126 Å². The van der Waals surface area contributed by atoms with Crippen LogP contribution in [0.4, 0.5) is 13.2 Å². The minimum atomic E-state index is -4.36. The van der Waals surface area contributed by atoms with Gasteiger partial charge in [0.05, 0.1) is 10.9 Å². The van der Waals surface area contributed by atoms with E-state index in [2.05, 4.69) is 15.9 Å². The Kier molecular flexibility index (Phi) is 4.28. The lowest BCUT2D eigenvalue weighted by atomic mass is 10.1. The molecule has 6 heteroatoms. The molecule has 0 aliphatic rings. The third-order valence-corrected chi connectivity index (χ3v) is 4.99. The van der Waals surface area contributed by atoms with E-state index >= 15 is 0 Å². The first-order chi connectivity index (χ1) is 8.79. The molecule has 0 fully saturated rings. The van der Waals surface area contributed by atoms with Gasteiger partial charge in [-0.1, -0.05) is 15.9 Å². The molecule has 19 heavy (non-hydrogen) atoms. The van der Waals surface area contributed by atoms with Crippen molar-refractivity contribution in [2.24, 2.45) is 0 Å². The van der Waals surface area contributed by atoms with Gasteiger partial charge < -0.3 is 0 Å². The summed E-state index contributed by atoms with van der Waals surface area (Å²) in [7, 11) is 0. The normalized spacial score (nSPS) is 13.6. The van der Waals surface area contributed by atoms with E-state index in [1.807, 2.05) is 19.1 Å². The summed E-state index contributed by atoms with van der Waals surface area (Å²) in [5, 5.41) is -0.588. The molecule has 0 spiro atoms. The summed E-state index contributed by atoms with van der Waals surface area (Å²) < 4.78 is 38.7. The zero-order valence-electron chi connectivity index (χ0n) is 9.76. The molecular weight excluding hydrogens is 361 g/mol. The Bertz CT molecular complexity index is 592. The van der Waals surface area contributed by atoms with Crippen LogP contribution in [0.5, 0.6) is 0 Å². The van der Waals surface area contributed by atoms with Gasteiger partial charge in [0.2, 0.25) is 0 Å². The van der Waals surface area contributed by atoms with Crippen molar-refractivity contribution in [2.75, 3.05) is 0 Å². The standard InChI is InChI=1S/C13H9BrClF3S/c1-7-2-5-11(19-7)12(15)9-6-8(13(16,17)18)3-4-10(9)14/h2-6,12H,1H3. The van der Waals surface area contributed by atoms with Crippen LogP contribution in [-0.4, -0.2) is 0 Å². The molecule has 0 saturated carbocycles. The zero-order valence-corrected chi connectivity index (χ0v) is 12.9. The lowest BCUT2D eigenvalue weighted by molar-refractivity contribution is -0.137. The fourth-order valence-electron chi connectivity index (χ4n) is 1.66. The Balaban J connectivity index is 2.44. The highest BCUT2D eigenvalue weighted by atomic mass is 79.9. The average molecular weight is 370 g/mol. The molecule has 0 aliphatic heterocycles. The first-order valence-corrected chi connectivity index (χ1v) is 7.40. The molecule has 2 rings (SSSR count). The summed E-state index contributed by atoms with van der Waals surface area (Å²) in [6.07, 6.45) is -4.36. The summed E-state index contributed by atoms with van der Waals surface area (Å²) >= 11 is 11.0. The number of rotatable bonds is 2. The van der Waals surface area contributed by atoms with Crippen LogP contribution in [-0.2, 0) is 6.18 Å². The molecule has 0 radical (unpaired) electrons.